The van der Waals surface area contributed by atoms with Gasteiger partial charge in [-0.15, -0.1) is 0 Å². The van der Waals surface area contributed by atoms with Gasteiger partial charge in [-0.3, -0.25) is 0 Å². The Balaban J connectivity index is 2.95. The fourth-order valence-electron chi connectivity index (χ4n) is 3.27. The molecule has 0 aromatic rings. The molecule has 0 atom stereocenters. The van der Waals surface area contributed by atoms with Crippen LogP contribution in [0, 0.1) is 0 Å². The summed E-state index contributed by atoms with van der Waals surface area (Å²) in [7, 11) is 4.29. The van der Waals surface area contributed by atoms with Crippen LogP contribution in [-0.2, 0) is 0 Å². The lowest BCUT2D eigenvalue weighted by Gasteiger charge is -2.09. The molecule has 0 saturated heterocycles. The summed E-state index contributed by atoms with van der Waals surface area (Å²) in [6, 6.07) is 0. The van der Waals surface area contributed by atoms with Crippen molar-refractivity contribution in [3.05, 3.63) is 0 Å². The van der Waals surface area contributed by atoms with Crippen molar-refractivity contribution in [1.29, 1.82) is 0 Å². The largest absolute Gasteiger partial charge is 0.317 e. The van der Waals surface area contributed by atoms with Gasteiger partial charge in [-0.2, -0.15) is 0 Å². The minimum atomic E-state index is 1.18. The minimum Gasteiger partial charge on any atom is -0.317 e. The molecule has 0 fully saturated rings. The van der Waals surface area contributed by atoms with Gasteiger partial charge in [0.15, 0.2) is 0 Å². The van der Waals surface area contributed by atoms with Crippen LogP contribution in [0.25, 0.3) is 0 Å². The number of hydrogen-bond acceptors (Lipinski definition) is 2. The van der Waals surface area contributed by atoms with Crippen LogP contribution in [0.3, 0.4) is 0 Å². The molecule has 2 nitrogen and oxygen atoms in total. The Kier molecular flexibility index (Phi) is 20.9. The van der Waals surface area contributed by atoms with Gasteiger partial charge in [0, 0.05) is 0 Å². The maximum absolute atomic E-state index is 3.56. The first-order chi connectivity index (χ1) is 11.8. The van der Waals surface area contributed by atoms with Crippen LogP contribution in [0.5, 0.6) is 0 Å². The van der Waals surface area contributed by atoms with E-state index in [0.717, 1.165) is 0 Å². The number of unbranched alkanes of at least 4 members (excludes halogenated alkanes) is 14. The zero-order chi connectivity index (χ0) is 17.7. The summed E-state index contributed by atoms with van der Waals surface area (Å²) in [5, 5.41) is 3.56. The molecule has 0 aromatic carbocycles. The first-order valence-corrected chi connectivity index (χ1v) is 11.1. The molecular weight excluding hydrogens is 292 g/mol. The van der Waals surface area contributed by atoms with Crippen molar-refractivity contribution < 1.29 is 0 Å². The van der Waals surface area contributed by atoms with Gasteiger partial charge >= 0.3 is 0 Å². The summed E-state index contributed by atoms with van der Waals surface area (Å²) in [5.74, 6) is 0. The van der Waals surface area contributed by atoms with E-state index in [1.54, 1.807) is 0 Å². The van der Waals surface area contributed by atoms with Crippen LogP contribution in [-0.4, -0.2) is 38.6 Å². The maximum atomic E-state index is 3.56. The normalized spacial score (nSPS) is 11.5. The molecule has 0 amide bonds. The molecule has 0 aliphatic carbocycles. The second kappa shape index (κ2) is 21.0. The standard InChI is InChI=1S/C22H48N2/c1-4-5-6-7-8-9-10-11-12-13-14-15-16-17-18-20-23-21-19-22-24(2)3/h23H,4-22H2,1-3H3. The Hall–Kier alpha value is -0.0800. The van der Waals surface area contributed by atoms with E-state index in [-0.39, 0.29) is 0 Å². The third kappa shape index (κ3) is 21.9. The summed E-state index contributed by atoms with van der Waals surface area (Å²) in [6.07, 6.45) is 23.0. The molecule has 0 rings (SSSR count). The molecule has 146 valence electrons. The molecule has 1 N–H and O–H groups in total. The third-order valence-corrected chi connectivity index (χ3v) is 4.92. The lowest BCUT2D eigenvalue weighted by molar-refractivity contribution is 0.393. The summed E-state index contributed by atoms with van der Waals surface area (Å²) < 4.78 is 0. The quantitative estimate of drug-likeness (QED) is 0.258. The highest BCUT2D eigenvalue weighted by atomic mass is 15.0. The molecule has 0 heterocycles. The summed E-state index contributed by atoms with van der Waals surface area (Å²) in [6.45, 7) is 5.89. The highest BCUT2D eigenvalue weighted by molar-refractivity contribution is 4.53. The van der Waals surface area contributed by atoms with E-state index in [1.165, 1.54) is 122 Å². The van der Waals surface area contributed by atoms with Crippen LogP contribution in [0.2, 0.25) is 0 Å². The number of rotatable bonds is 20. The molecule has 0 aliphatic rings. The van der Waals surface area contributed by atoms with E-state index in [1.807, 2.05) is 0 Å². The van der Waals surface area contributed by atoms with Gasteiger partial charge in [-0.05, 0) is 46.6 Å². The second-order valence-corrected chi connectivity index (χ2v) is 7.86. The minimum absolute atomic E-state index is 1.18. The van der Waals surface area contributed by atoms with Crippen LogP contribution < -0.4 is 5.32 Å². The monoisotopic (exact) mass is 340 g/mol. The van der Waals surface area contributed by atoms with Crippen molar-refractivity contribution in [3.63, 3.8) is 0 Å². The lowest BCUT2D eigenvalue weighted by Crippen LogP contribution is -2.22. The van der Waals surface area contributed by atoms with Crippen molar-refractivity contribution >= 4 is 0 Å². The average Bonchev–Trinajstić information content (AvgIpc) is 2.56. The molecule has 0 aliphatic heterocycles. The van der Waals surface area contributed by atoms with Gasteiger partial charge in [0.1, 0.15) is 0 Å². The molecule has 0 bridgehead atoms. The Labute approximate surface area is 154 Å². The first kappa shape index (κ1) is 23.9. The highest BCUT2D eigenvalue weighted by Gasteiger charge is 1.95. The average molecular weight is 341 g/mol. The van der Waals surface area contributed by atoms with E-state index >= 15 is 0 Å². The first-order valence-electron chi connectivity index (χ1n) is 11.1. The Morgan fingerprint density at radius 2 is 0.875 bits per heavy atom. The van der Waals surface area contributed by atoms with E-state index in [9.17, 15) is 0 Å². The molecule has 0 unspecified atom stereocenters. The molecule has 0 radical (unpaired) electrons. The van der Waals surface area contributed by atoms with Crippen LogP contribution >= 0.6 is 0 Å². The van der Waals surface area contributed by atoms with Crippen molar-refractivity contribution in [2.45, 2.75) is 110 Å². The molecule has 24 heavy (non-hydrogen) atoms. The number of nitrogens with zero attached hydrogens (tertiary/aromatic N) is 1. The second-order valence-electron chi connectivity index (χ2n) is 7.86. The summed E-state index contributed by atoms with van der Waals surface area (Å²) in [4.78, 5) is 2.26. The highest BCUT2D eigenvalue weighted by Crippen LogP contribution is 2.13. The molecular formula is C22H48N2. The topological polar surface area (TPSA) is 15.3 Å². The Morgan fingerprint density at radius 3 is 1.29 bits per heavy atom. The predicted molar refractivity (Wildman–Crippen MR) is 111 cm³/mol. The molecule has 2 heteroatoms. The SMILES string of the molecule is CCCCCCCCCCCCCCCCCNCCCN(C)C. The van der Waals surface area contributed by atoms with Crippen molar-refractivity contribution in [2.24, 2.45) is 0 Å². The van der Waals surface area contributed by atoms with E-state index < -0.39 is 0 Å². The lowest BCUT2D eigenvalue weighted by atomic mass is 10.0. The Morgan fingerprint density at radius 1 is 0.500 bits per heavy atom. The summed E-state index contributed by atoms with van der Waals surface area (Å²) in [5.41, 5.74) is 0. The zero-order valence-electron chi connectivity index (χ0n) is 17.4. The molecule has 0 aromatic heterocycles. The van der Waals surface area contributed by atoms with Gasteiger partial charge in [0.25, 0.3) is 0 Å². The van der Waals surface area contributed by atoms with Crippen molar-refractivity contribution in [3.8, 4) is 0 Å². The van der Waals surface area contributed by atoms with Gasteiger partial charge in [-0.1, -0.05) is 96.8 Å². The van der Waals surface area contributed by atoms with Gasteiger partial charge in [-0.25, -0.2) is 0 Å². The summed E-state index contributed by atoms with van der Waals surface area (Å²) >= 11 is 0. The number of hydrogen-bond donors (Lipinski definition) is 1. The third-order valence-electron chi connectivity index (χ3n) is 4.92. The van der Waals surface area contributed by atoms with Crippen LogP contribution in [0.1, 0.15) is 110 Å². The van der Waals surface area contributed by atoms with E-state index in [0.29, 0.717) is 0 Å². The van der Waals surface area contributed by atoms with Crippen molar-refractivity contribution in [2.75, 3.05) is 33.7 Å². The van der Waals surface area contributed by atoms with Crippen molar-refractivity contribution in [1.82, 2.24) is 10.2 Å². The molecule has 0 saturated carbocycles. The predicted octanol–water partition coefficient (Wildman–Crippen LogP) is 6.40. The smallest absolute Gasteiger partial charge is 0.00127 e. The van der Waals surface area contributed by atoms with E-state index in [2.05, 4.69) is 31.2 Å². The Bertz CT molecular complexity index is 216. The zero-order valence-corrected chi connectivity index (χ0v) is 17.4. The fourth-order valence-corrected chi connectivity index (χ4v) is 3.27. The maximum Gasteiger partial charge on any atom is -0.00127 e. The van der Waals surface area contributed by atoms with Gasteiger partial charge in [0.2, 0.25) is 0 Å². The van der Waals surface area contributed by atoms with Crippen LogP contribution in [0.15, 0.2) is 0 Å². The van der Waals surface area contributed by atoms with Gasteiger partial charge < -0.3 is 10.2 Å². The van der Waals surface area contributed by atoms with Gasteiger partial charge in [0.05, 0.1) is 0 Å². The fraction of sp³-hybridized carbons (Fsp3) is 1.00. The number of nitrogens with one attached hydrogen (secondary N) is 1. The van der Waals surface area contributed by atoms with E-state index in [4.69, 9.17) is 0 Å². The van der Waals surface area contributed by atoms with Crippen LogP contribution in [0.4, 0.5) is 0 Å². The molecule has 0 spiro atoms.